The van der Waals surface area contributed by atoms with Gasteiger partial charge in [0.05, 0.1) is 39.4 Å². The molecule has 68 heavy (non-hydrogen) atoms. The van der Waals surface area contributed by atoms with Gasteiger partial charge in [0.1, 0.15) is 41.3 Å². The fraction of sp³-hybridized carbons (Fsp3) is 0.460. The van der Waals surface area contributed by atoms with E-state index in [9.17, 15) is 24.3 Å². The number of amides is 4. The number of β-amino-alcohol motifs (C(OH)–C–C–N with tert-alkyl or cyclic N) is 1. The van der Waals surface area contributed by atoms with Crippen LogP contribution in [0.1, 0.15) is 83.9 Å². The molecule has 2 aromatic heterocycles. The molecule has 0 unspecified atom stereocenters. The van der Waals surface area contributed by atoms with Crippen molar-refractivity contribution < 1.29 is 37.8 Å². The predicted octanol–water partition coefficient (Wildman–Crippen LogP) is 7.86. The van der Waals surface area contributed by atoms with E-state index in [1.807, 2.05) is 63.8 Å². The maximum Gasteiger partial charge on any atom is 0.246 e. The summed E-state index contributed by atoms with van der Waals surface area (Å²) in [5.74, 6) is -1.98. The molecule has 2 aliphatic heterocycles. The zero-order valence-electron chi connectivity index (χ0n) is 39.1. The molecule has 0 saturated carbocycles. The summed E-state index contributed by atoms with van der Waals surface area (Å²) in [6, 6.07) is 11.8. The Bertz CT molecular complexity index is 2620. The molecular weight excluding hydrogens is 914 g/mol. The Kier molecular flexibility index (Phi) is 16.3. The molecule has 3 N–H and O–H groups in total. The van der Waals surface area contributed by atoms with Crippen LogP contribution in [0, 0.1) is 24.0 Å². The molecule has 18 heteroatoms. The standard InChI is InChI=1S/C50H59ClF2N8O6S/c1-6-40(64)59-19-21-60(22-20-59)47-34-25-35(51)41(43(53)44(34)55-28-56-47)42-36(52)12-11-13-38(42)67-23-10-8-7-9-14-39(63)58-46(50(3,4)5)49(66)61-27-33(62)24-37(61)48(65)54-26-31-15-17-32(18-16-31)45-30(2)57-29-68-45/h11-13,15-18,25,28-29,33,37,46,62H,6-10,14,19-24,26-27H2,1-5H3,(H,54,65)(H,58,63)/t33-,37+,46-/m1/s1. The normalized spacial score (nSPS) is 16.8. The summed E-state index contributed by atoms with van der Waals surface area (Å²) >= 11 is 8.30. The molecule has 4 heterocycles. The number of hydrogen-bond donors (Lipinski definition) is 3. The first-order valence-electron chi connectivity index (χ1n) is 23.2. The molecule has 0 aliphatic carbocycles. The average Bonchev–Trinajstić information content (AvgIpc) is 3.94. The minimum absolute atomic E-state index is 0.0172. The summed E-state index contributed by atoms with van der Waals surface area (Å²) in [6.45, 7) is 11.7. The Labute approximate surface area is 404 Å². The molecule has 2 saturated heterocycles. The van der Waals surface area contributed by atoms with Crippen molar-refractivity contribution in [1.29, 1.82) is 0 Å². The van der Waals surface area contributed by atoms with Gasteiger partial charge in [-0.25, -0.2) is 23.7 Å². The number of nitrogens with zero attached hydrogens (tertiary/aromatic N) is 6. The number of piperazine rings is 1. The van der Waals surface area contributed by atoms with Crippen LogP contribution in [-0.4, -0.2) is 111 Å². The van der Waals surface area contributed by atoms with E-state index >= 15 is 8.78 Å². The molecule has 2 aliphatic rings. The number of carbonyl (C=O) groups is 4. The van der Waals surface area contributed by atoms with E-state index in [0.717, 1.165) is 21.7 Å². The molecule has 3 atom stereocenters. The topological polar surface area (TPSA) is 170 Å². The number of rotatable bonds is 17. The van der Waals surface area contributed by atoms with Crippen LogP contribution in [0.15, 0.2) is 60.4 Å². The number of benzene rings is 3. The summed E-state index contributed by atoms with van der Waals surface area (Å²) < 4.78 is 38.1. The minimum Gasteiger partial charge on any atom is -0.493 e. The second-order valence-electron chi connectivity index (χ2n) is 18.4. The first-order valence-corrected chi connectivity index (χ1v) is 24.4. The van der Waals surface area contributed by atoms with Crippen LogP contribution in [-0.2, 0) is 25.7 Å². The van der Waals surface area contributed by atoms with Gasteiger partial charge >= 0.3 is 0 Å². The first kappa shape index (κ1) is 50.1. The monoisotopic (exact) mass is 972 g/mol. The van der Waals surface area contributed by atoms with Crippen molar-refractivity contribution in [1.82, 2.24) is 35.4 Å². The number of aliphatic hydroxyl groups is 1. The minimum atomic E-state index is -0.942. The third-order valence-corrected chi connectivity index (χ3v) is 13.8. The fourth-order valence-electron chi connectivity index (χ4n) is 8.79. The van der Waals surface area contributed by atoms with Gasteiger partial charge < -0.3 is 35.2 Å². The van der Waals surface area contributed by atoms with Crippen molar-refractivity contribution in [2.45, 2.75) is 104 Å². The van der Waals surface area contributed by atoms with E-state index < -0.39 is 41.1 Å². The molecule has 2 fully saturated rings. The molecule has 7 rings (SSSR count). The van der Waals surface area contributed by atoms with Crippen LogP contribution in [0.2, 0.25) is 5.02 Å². The molecule has 5 aromatic rings. The van der Waals surface area contributed by atoms with Gasteiger partial charge in [-0.1, -0.05) is 82.5 Å². The summed E-state index contributed by atoms with van der Waals surface area (Å²) in [5.41, 5.74) is 3.67. The van der Waals surface area contributed by atoms with Crippen LogP contribution in [0.4, 0.5) is 14.6 Å². The SMILES string of the molecule is CCC(=O)N1CCN(c2ncnc3c(F)c(-c4c(F)cccc4OCCCCCCC(=O)N[C@H](C(=O)N4C[C@H](O)C[C@H]4C(=O)NCc4ccc(-c5scnc5C)cc4)C(C)(C)C)c(Cl)cc23)CC1. The number of fused-ring (bicyclic) bond motifs is 1. The van der Waals surface area contributed by atoms with Crippen LogP contribution in [0.25, 0.3) is 32.5 Å². The quantitative estimate of drug-likeness (QED) is 0.0780. The molecular formula is C50H59ClF2N8O6S. The molecule has 0 spiro atoms. The second-order valence-corrected chi connectivity index (χ2v) is 19.7. The van der Waals surface area contributed by atoms with Crippen molar-refractivity contribution in [3.8, 4) is 27.3 Å². The number of nitrogens with one attached hydrogen (secondary N) is 2. The lowest BCUT2D eigenvalue weighted by molar-refractivity contribution is -0.144. The Balaban J connectivity index is 0.896. The van der Waals surface area contributed by atoms with Gasteiger partial charge in [-0.3, -0.25) is 19.2 Å². The second kappa shape index (κ2) is 22.1. The van der Waals surface area contributed by atoms with Crippen molar-refractivity contribution in [3.63, 3.8) is 0 Å². The Morgan fingerprint density at radius 2 is 1.71 bits per heavy atom. The van der Waals surface area contributed by atoms with Crippen LogP contribution in [0.5, 0.6) is 5.75 Å². The van der Waals surface area contributed by atoms with Gasteiger partial charge in [0.25, 0.3) is 0 Å². The Hall–Kier alpha value is -5.78. The van der Waals surface area contributed by atoms with Crippen molar-refractivity contribution in [2.75, 3.05) is 44.2 Å². The van der Waals surface area contributed by atoms with Gasteiger partial charge in [0.15, 0.2) is 5.82 Å². The van der Waals surface area contributed by atoms with Gasteiger partial charge in [-0.05, 0) is 54.5 Å². The zero-order chi connectivity index (χ0) is 48.7. The first-order chi connectivity index (χ1) is 32.5. The highest BCUT2D eigenvalue weighted by Gasteiger charge is 2.44. The summed E-state index contributed by atoms with van der Waals surface area (Å²) in [4.78, 5) is 72.2. The van der Waals surface area contributed by atoms with E-state index in [1.54, 1.807) is 33.9 Å². The number of carbonyl (C=O) groups excluding carboxylic acids is 4. The number of hydrogen-bond acceptors (Lipinski definition) is 11. The van der Waals surface area contributed by atoms with Crippen molar-refractivity contribution >= 4 is 63.3 Å². The molecule has 4 amide bonds. The number of thiazole rings is 1. The predicted molar refractivity (Wildman–Crippen MR) is 259 cm³/mol. The zero-order valence-corrected chi connectivity index (χ0v) is 40.7. The van der Waals surface area contributed by atoms with E-state index in [4.69, 9.17) is 16.3 Å². The summed E-state index contributed by atoms with van der Waals surface area (Å²) in [5, 5.41) is 16.8. The highest BCUT2D eigenvalue weighted by atomic mass is 35.5. The van der Waals surface area contributed by atoms with Crippen molar-refractivity contribution in [2.24, 2.45) is 5.41 Å². The lowest BCUT2D eigenvalue weighted by Gasteiger charge is -2.35. The molecule has 14 nitrogen and oxygen atoms in total. The number of aryl methyl sites for hydroxylation is 1. The van der Waals surface area contributed by atoms with Gasteiger partial charge in [0, 0.05) is 69.5 Å². The lowest BCUT2D eigenvalue weighted by atomic mass is 9.85. The Morgan fingerprint density at radius 1 is 0.971 bits per heavy atom. The largest absolute Gasteiger partial charge is 0.493 e. The number of halogens is 3. The van der Waals surface area contributed by atoms with Gasteiger partial charge in [-0.2, -0.15) is 0 Å². The van der Waals surface area contributed by atoms with E-state index in [1.165, 1.54) is 23.4 Å². The molecule has 0 bridgehead atoms. The smallest absolute Gasteiger partial charge is 0.246 e. The molecule has 362 valence electrons. The third kappa shape index (κ3) is 11.6. The highest BCUT2D eigenvalue weighted by molar-refractivity contribution is 7.13. The number of aliphatic hydroxyl groups excluding tert-OH is 1. The number of ether oxygens (including phenoxy) is 1. The summed E-state index contributed by atoms with van der Waals surface area (Å²) in [6.07, 6.45) is 3.44. The fourth-order valence-corrected chi connectivity index (χ4v) is 9.89. The lowest BCUT2D eigenvalue weighted by Crippen LogP contribution is -2.57. The van der Waals surface area contributed by atoms with Crippen LogP contribution < -0.4 is 20.3 Å². The van der Waals surface area contributed by atoms with E-state index in [-0.39, 0.29) is 77.7 Å². The average molecular weight is 974 g/mol. The highest BCUT2D eigenvalue weighted by Crippen LogP contribution is 2.43. The maximum atomic E-state index is 16.4. The molecule has 0 radical (unpaired) electrons. The third-order valence-electron chi connectivity index (χ3n) is 12.5. The van der Waals surface area contributed by atoms with E-state index in [2.05, 4.69) is 25.6 Å². The van der Waals surface area contributed by atoms with Gasteiger partial charge in [-0.15, -0.1) is 11.3 Å². The van der Waals surface area contributed by atoms with E-state index in [0.29, 0.717) is 69.5 Å². The van der Waals surface area contributed by atoms with Crippen LogP contribution >= 0.6 is 22.9 Å². The number of aromatic nitrogens is 3. The molecule has 3 aromatic carbocycles. The van der Waals surface area contributed by atoms with Crippen molar-refractivity contribution in [3.05, 3.63) is 88.3 Å². The maximum absolute atomic E-state index is 16.4. The Morgan fingerprint density at radius 3 is 2.40 bits per heavy atom. The van der Waals surface area contributed by atoms with Crippen LogP contribution in [0.3, 0.4) is 0 Å². The van der Waals surface area contributed by atoms with Gasteiger partial charge in [0.2, 0.25) is 23.6 Å². The number of unbranched alkanes of at least 4 members (excludes halogenated alkanes) is 3. The number of anilines is 1. The summed E-state index contributed by atoms with van der Waals surface area (Å²) in [7, 11) is 0. The number of likely N-dealkylation sites (tertiary alicyclic amines) is 1.